The molecule has 0 saturated heterocycles. The van der Waals surface area contributed by atoms with Crippen molar-refractivity contribution >= 4 is 11.8 Å². The number of hydrogen-bond donors (Lipinski definition) is 0. The lowest BCUT2D eigenvalue weighted by Gasteiger charge is -2.15. The molecule has 18 heavy (non-hydrogen) atoms. The summed E-state index contributed by atoms with van der Waals surface area (Å²) in [6.07, 6.45) is 0. The van der Waals surface area contributed by atoms with E-state index in [4.69, 9.17) is 0 Å². The van der Waals surface area contributed by atoms with Gasteiger partial charge in [-0.3, -0.25) is 0 Å². The van der Waals surface area contributed by atoms with Gasteiger partial charge in [0, 0.05) is 16.6 Å². The van der Waals surface area contributed by atoms with Gasteiger partial charge in [-0.1, -0.05) is 37.3 Å². The van der Waals surface area contributed by atoms with E-state index in [1.807, 2.05) is 23.9 Å². The number of fused-ring (bicyclic) bond motifs is 2. The SMILES string of the molecule is CC1c2ccccc2SCc2c(C#N)cccc21. The topological polar surface area (TPSA) is 23.8 Å². The highest BCUT2D eigenvalue weighted by molar-refractivity contribution is 7.98. The van der Waals surface area contributed by atoms with Gasteiger partial charge in [-0.25, -0.2) is 0 Å². The van der Waals surface area contributed by atoms with Crippen molar-refractivity contribution in [2.24, 2.45) is 0 Å². The maximum absolute atomic E-state index is 9.23. The van der Waals surface area contributed by atoms with E-state index in [2.05, 4.69) is 43.3 Å². The van der Waals surface area contributed by atoms with E-state index in [0.717, 1.165) is 11.3 Å². The minimum absolute atomic E-state index is 0.361. The highest BCUT2D eigenvalue weighted by atomic mass is 32.2. The number of nitriles is 1. The first-order valence-corrected chi connectivity index (χ1v) is 7.03. The summed E-state index contributed by atoms with van der Waals surface area (Å²) in [5.74, 6) is 1.25. The quantitative estimate of drug-likeness (QED) is 0.696. The minimum atomic E-state index is 0.361. The molecular formula is C16H13NS. The fourth-order valence-electron chi connectivity index (χ4n) is 2.56. The van der Waals surface area contributed by atoms with E-state index in [0.29, 0.717) is 5.92 Å². The first-order valence-electron chi connectivity index (χ1n) is 6.05. The van der Waals surface area contributed by atoms with Gasteiger partial charge in [0.2, 0.25) is 0 Å². The maximum Gasteiger partial charge on any atom is 0.0994 e. The fraction of sp³-hybridized carbons (Fsp3) is 0.188. The van der Waals surface area contributed by atoms with E-state index < -0.39 is 0 Å². The van der Waals surface area contributed by atoms with E-state index >= 15 is 0 Å². The fourth-order valence-corrected chi connectivity index (χ4v) is 3.77. The number of nitrogens with zero attached hydrogens (tertiary/aromatic N) is 1. The molecule has 0 aromatic heterocycles. The van der Waals surface area contributed by atoms with Crippen molar-refractivity contribution in [1.29, 1.82) is 5.26 Å². The van der Waals surface area contributed by atoms with Crippen LogP contribution in [0.2, 0.25) is 0 Å². The molecule has 1 aliphatic heterocycles. The van der Waals surface area contributed by atoms with Crippen molar-refractivity contribution in [3.05, 3.63) is 64.7 Å². The Labute approximate surface area is 111 Å². The summed E-state index contributed by atoms with van der Waals surface area (Å²) in [6.45, 7) is 2.23. The van der Waals surface area contributed by atoms with Crippen molar-refractivity contribution in [3.63, 3.8) is 0 Å². The van der Waals surface area contributed by atoms with E-state index in [9.17, 15) is 5.26 Å². The van der Waals surface area contributed by atoms with Crippen LogP contribution in [0.25, 0.3) is 0 Å². The van der Waals surface area contributed by atoms with Crippen LogP contribution in [0.3, 0.4) is 0 Å². The normalized spacial score (nSPS) is 17.2. The lowest BCUT2D eigenvalue weighted by atomic mass is 9.88. The van der Waals surface area contributed by atoms with Crippen molar-refractivity contribution in [2.75, 3.05) is 0 Å². The van der Waals surface area contributed by atoms with Crippen molar-refractivity contribution < 1.29 is 0 Å². The van der Waals surface area contributed by atoms with Crippen LogP contribution in [0.4, 0.5) is 0 Å². The van der Waals surface area contributed by atoms with Gasteiger partial charge in [0.05, 0.1) is 11.6 Å². The Morgan fingerprint density at radius 2 is 1.89 bits per heavy atom. The second-order valence-electron chi connectivity index (χ2n) is 4.53. The lowest BCUT2D eigenvalue weighted by Crippen LogP contribution is -2.00. The van der Waals surface area contributed by atoms with Gasteiger partial charge in [0.15, 0.2) is 0 Å². The zero-order chi connectivity index (χ0) is 12.5. The van der Waals surface area contributed by atoms with Crippen LogP contribution in [0.15, 0.2) is 47.4 Å². The van der Waals surface area contributed by atoms with Gasteiger partial charge in [0.25, 0.3) is 0 Å². The highest BCUT2D eigenvalue weighted by Crippen LogP contribution is 2.41. The van der Waals surface area contributed by atoms with Crippen LogP contribution < -0.4 is 0 Å². The Bertz CT molecular complexity index is 640. The molecule has 0 spiro atoms. The molecule has 1 aliphatic rings. The molecule has 0 radical (unpaired) electrons. The van der Waals surface area contributed by atoms with Gasteiger partial charge in [-0.2, -0.15) is 5.26 Å². The summed E-state index contributed by atoms with van der Waals surface area (Å²) in [5, 5.41) is 9.23. The van der Waals surface area contributed by atoms with E-state index in [1.165, 1.54) is 21.6 Å². The standard InChI is InChI=1S/C16H13NS/c1-11-13-7-4-5-12(9-17)15(13)10-18-16-8-3-2-6-14(11)16/h2-8,11H,10H2,1H3. The third-order valence-electron chi connectivity index (χ3n) is 3.56. The summed E-state index contributed by atoms with van der Waals surface area (Å²) < 4.78 is 0. The third kappa shape index (κ3) is 1.72. The van der Waals surface area contributed by atoms with Crippen molar-refractivity contribution in [2.45, 2.75) is 23.5 Å². The molecule has 0 bridgehead atoms. The van der Waals surface area contributed by atoms with Crippen molar-refractivity contribution in [1.82, 2.24) is 0 Å². The maximum atomic E-state index is 9.23. The summed E-state index contributed by atoms with van der Waals surface area (Å²) in [6, 6.07) is 16.9. The monoisotopic (exact) mass is 251 g/mol. The predicted molar refractivity (Wildman–Crippen MR) is 74.7 cm³/mol. The largest absolute Gasteiger partial charge is 0.192 e. The number of benzene rings is 2. The molecule has 1 heterocycles. The van der Waals surface area contributed by atoms with Gasteiger partial charge in [-0.15, -0.1) is 11.8 Å². The van der Waals surface area contributed by atoms with Crippen LogP contribution in [0.1, 0.15) is 35.1 Å². The van der Waals surface area contributed by atoms with Crippen LogP contribution in [-0.4, -0.2) is 0 Å². The summed E-state index contributed by atoms with van der Waals surface area (Å²) in [7, 11) is 0. The smallest absolute Gasteiger partial charge is 0.0994 e. The predicted octanol–water partition coefficient (Wildman–Crippen LogP) is 4.32. The Kier molecular flexibility index (Phi) is 2.85. The van der Waals surface area contributed by atoms with Gasteiger partial charge in [-0.05, 0) is 28.8 Å². The zero-order valence-corrected chi connectivity index (χ0v) is 11.0. The van der Waals surface area contributed by atoms with Gasteiger partial charge < -0.3 is 0 Å². The molecule has 1 unspecified atom stereocenters. The number of hydrogen-bond acceptors (Lipinski definition) is 2. The molecule has 2 aromatic rings. The molecule has 3 rings (SSSR count). The Hall–Kier alpha value is -1.72. The highest BCUT2D eigenvalue weighted by Gasteiger charge is 2.21. The van der Waals surface area contributed by atoms with E-state index in [-0.39, 0.29) is 0 Å². The summed E-state index contributed by atoms with van der Waals surface area (Å²) in [5.41, 5.74) is 4.69. The first-order chi connectivity index (χ1) is 8.81. The molecule has 1 atom stereocenters. The Balaban J connectivity index is 2.21. The first kappa shape index (κ1) is 11.4. The number of thioether (sulfide) groups is 1. The van der Waals surface area contributed by atoms with Crippen LogP contribution in [0.5, 0.6) is 0 Å². The molecule has 0 amide bonds. The van der Waals surface area contributed by atoms with E-state index in [1.54, 1.807) is 0 Å². The lowest BCUT2D eigenvalue weighted by molar-refractivity contribution is 0.889. The van der Waals surface area contributed by atoms with Crippen molar-refractivity contribution in [3.8, 4) is 6.07 Å². The van der Waals surface area contributed by atoms with Crippen LogP contribution >= 0.6 is 11.8 Å². The van der Waals surface area contributed by atoms with Crippen LogP contribution in [-0.2, 0) is 5.75 Å². The third-order valence-corrected chi connectivity index (χ3v) is 4.67. The molecule has 1 nitrogen and oxygen atoms in total. The second-order valence-corrected chi connectivity index (χ2v) is 5.55. The minimum Gasteiger partial charge on any atom is -0.192 e. The summed E-state index contributed by atoms with van der Waals surface area (Å²) >= 11 is 1.83. The van der Waals surface area contributed by atoms with Gasteiger partial charge >= 0.3 is 0 Å². The molecule has 0 saturated carbocycles. The average molecular weight is 251 g/mol. The Morgan fingerprint density at radius 3 is 2.72 bits per heavy atom. The second kappa shape index (κ2) is 4.51. The zero-order valence-electron chi connectivity index (χ0n) is 10.2. The van der Waals surface area contributed by atoms with Gasteiger partial charge in [0.1, 0.15) is 0 Å². The number of rotatable bonds is 0. The molecule has 2 heteroatoms. The van der Waals surface area contributed by atoms with Crippen LogP contribution in [0, 0.1) is 11.3 Å². The molecule has 88 valence electrons. The molecule has 0 fully saturated rings. The average Bonchev–Trinajstić information content (AvgIpc) is 2.57. The molecule has 0 N–H and O–H groups in total. The molecule has 2 aromatic carbocycles. The molecule has 0 aliphatic carbocycles. The Morgan fingerprint density at radius 1 is 1.11 bits per heavy atom. The molecular weight excluding hydrogens is 238 g/mol. The summed E-state index contributed by atoms with van der Waals surface area (Å²) in [4.78, 5) is 1.34.